The molecule has 31 heavy (non-hydrogen) atoms. The van der Waals surface area contributed by atoms with Crippen LogP contribution in [0, 0.1) is 11.7 Å². The van der Waals surface area contributed by atoms with E-state index >= 15 is 0 Å². The number of hydrogen-bond donors (Lipinski definition) is 1. The van der Waals surface area contributed by atoms with Crippen LogP contribution in [0.15, 0.2) is 42.5 Å². The highest BCUT2D eigenvalue weighted by Gasteiger charge is 2.29. The summed E-state index contributed by atoms with van der Waals surface area (Å²) in [6.45, 7) is 3.49. The molecule has 4 nitrogen and oxygen atoms in total. The van der Waals surface area contributed by atoms with Crippen molar-refractivity contribution in [3.05, 3.63) is 59.4 Å². The number of rotatable bonds is 11. The summed E-state index contributed by atoms with van der Waals surface area (Å²) in [7, 11) is 1.63. The Morgan fingerprint density at radius 2 is 1.87 bits per heavy atom. The first-order chi connectivity index (χ1) is 15.1. The van der Waals surface area contributed by atoms with Crippen LogP contribution in [0.2, 0.25) is 0 Å². The molecule has 0 amide bonds. The molecule has 1 N–H and O–H groups in total. The van der Waals surface area contributed by atoms with E-state index in [1.807, 2.05) is 30.3 Å². The van der Waals surface area contributed by atoms with Crippen LogP contribution in [0.25, 0.3) is 0 Å². The molecule has 0 aromatic heterocycles. The van der Waals surface area contributed by atoms with Gasteiger partial charge in [-0.25, -0.2) is 4.39 Å². The number of likely N-dealkylation sites (tertiary alicyclic amines) is 1. The first-order valence-corrected chi connectivity index (χ1v) is 12.2. The van der Waals surface area contributed by atoms with Crippen LogP contribution in [0.3, 0.4) is 0 Å². The monoisotopic (exact) mass is 493 g/mol. The van der Waals surface area contributed by atoms with E-state index in [0.29, 0.717) is 18.1 Å². The zero-order chi connectivity index (χ0) is 22.1. The Labute approximate surface area is 193 Å². The maximum Gasteiger partial charge on any atom is 0.166 e. The van der Waals surface area contributed by atoms with Crippen molar-refractivity contribution in [1.82, 2.24) is 4.90 Å². The van der Waals surface area contributed by atoms with E-state index in [9.17, 15) is 9.50 Å². The second kappa shape index (κ2) is 12.4. The van der Waals surface area contributed by atoms with Gasteiger partial charge in [-0.2, -0.15) is 0 Å². The van der Waals surface area contributed by atoms with Gasteiger partial charge in [0.1, 0.15) is 5.82 Å². The van der Waals surface area contributed by atoms with Crippen molar-refractivity contribution in [3.8, 4) is 11.5 Å². The fraction of sp³-hybridized carbons (Fsp3) is 0.520. The third-order valence-corrected chi connectivity index (χ3v) is 6.59. The van der Waals surface area contributed by atoms with Gasteiger partial charge in [0.2, 0.25) is 0 Å². The summed E-state index contributed by atoms with van der Waals surface area (Å²) in [6, 6.07) is 12.5. The number of para-hydroxylation sites is 1. The van der Waals surface area contributed by atoms with Crippen LogP contribution in [0.4, 0.5) is 4.39 Å². The summed E-state index contributed by atoms with van der Waals surface area (Å²) in [5.41, 5.74) is 1.96. The number of aliphatic hydroxyl groups excluding tert-OH is 1. The third-order valence-electron chi connectivity index (χ3n) is 6.03. The second-order valence-electron chi connectivity index (χ2n) is 8.12. The van der Waals surface area contributed by atoms with E-state index < -0.39 is 6.10 Å². The molecule has 1 unspecified atom stereocenters. The van der Waals surface area contributed by atoms with Gasteiger partial charge in [-0.15, -0.1) is 0 Å². The molecule has 1 aliphatic heterocycles. The summed E-state index contributed by atoms with van der Waals surface area (Å²) in [6.07, 6.45) is 4.24. The standard InChI is InChI=1S/C25H33BrFNO3/c1-30-25-22(5-4-6-23(25)31-18-3-2-14-26)24(29)20-12-16-28(17-13-20)15-11-19-7-9-21(27)10-8-19/h4-10,20,24,29H,2-3,11-18H2,1H3. The minimum atomic E-state index is -0.569. The third kappa shape index (κ3) is 6.93. The number of aliphatic hydroxyl groups is 1. The Morgan fingerprint density at radius 3 is 2.55 bits per heavy atom. The van der Waals surface area contributed by atoms with E-state index in [2.05, 4.69) is 20.8 Å². The zero-order valence-electron chi connectivity index (χ0n) is 18.2. The molecule has 170 valence electrons. The molecule has 1 fully saturated rings. The molecule has 1 aliphatic rings. The lowest BCUT2D eigenvalue weighted by atomic mass is 9.87. The maximum atomic E-state index is 13.1. The lowest BCUT2D eigenvalue weighted by Crippen LogP contribution is -2.36. The second-order valence-corrected chi connectivity index (χ2v) is 8.92. The van der Waals surface area contributed by atoms with Crippen LogP contribution >= 0.6 is 15.9 Å². The molecule has 1 heterocycles. The van der Waals surface area contributed by atoms with E-state index in [1.165, 1.54) is 12.1 Å². The number of piperidine rings is 1. The van der Waals surface area contributed by atoms with Crippen LogP contribution in [-0.4, -0.2) is 48.7 Å². The van der Waals surface area contributed by atoms with Crippen LogP contribution in [0.1, 0.15) is 42.9 Å². The van der Waals surface area contributed by atoms with Crippen molar-refractivity contribution in [1.29, 1.82) is 0 Å². The van der Waals surface area contributed by atoms with Crippen molar-refractivity contribution in [3.63, 3.8) is 0 Å². The Bertz CT molecular complexity index is 794. The van der Waals surface area contributed by atoms with Gasteiger partial charge in [-0.1, -0.05) is 40.2 Å². The molecule has 1 saturated heterocycles. The van der Waals surface area contributed by atoms with Gasteiger partial charge in [0.05, 0.1) is 19.8 Å². The lowest BCUT2D eigenvalue weighted by molar-refractivity contribution is 0.0572. The van der Waals surface area contributed by atoms with E-state index in [0.717, 1.165) is 68.2 Å². The minimum Gasteiger partial charge on any atom is -0.492 e. The minimum absolute atomic E-state index is 0.192. The van der Waals surface area contributed by atoms with E-state index in [4.69, 9.17) is 9.47 Å². The lowest BCUT2D eigenvalue weighted by Gasteiger charge is -2.34. The number of hydrogen-bond acceptors (Lipinski definition) is 4. The van der Waals surface area contributed by atoms with Gasteiger partial charge in [-0.05, 0) is 74.9 Å². The van der Waals surface area contributed by atoms with Crippen molar-refractivity contribution in [2.24, 2.45) is 5.92 Å². The Kier molecular flexibility index (Phi) is 9.62. The molecule has 0 aliphatic carbocycles. The van der Waals surface area contributed by atoms with Crippen molar-refractivity contribution >= 4 is 15.9 Å². The molecule has 0 radical (unpaired) electrons. The highest BCUT2D eigenvalue weighted by molar-refractivity contribution is 9.09. The van der Waals surface area contributed by atoms with E-state index in [1.54, 1.807) is 7.11 Å². The molecule has 1 atom stereocenters. The van der Waals surface area contributed by atoms with Gasteiger partial charge >= 0.3 is 0 Å². The predicted molar refractivity (Wildman–Crippen MR) is 126 cm³/mol. The summed E-state index contributed by atoms with van der Waals surface area (Å²) in [5, 5.41) is 12.1. The molecule has 0 saturated carbocycles. The highest BCUT2D eigenvalue weighted by Crippen LogP contribution is 2.40. The zero-order valence-corrected chi connectivity index (χ0v) is 19.8. The Balaban J connectivity index is 1.53. The van der Waals surface area contributed by atoms with Gasteiger partial charge in [-0.3, -0.25) is 0 Å². The Morgan fingerprint density at radius 1 is 1.13 bits per heavy atom. The first-order valence-electron chi connectivity index (χ1n) is 11.1. The van der Waals surface area contributed by atoms with Gasteiger partial charge in [0.15, 0.2) is 11.5 Å². The topological polar surface area (TPSA) is 41.9 Å². The van der Waals surface area contributed by atoms with Crippen molar-refractivity contribution < 1.29 is 19.0 Å². The van der Waals surface area contributed by atoms with Gasteiger partial charge < -0.3 is 19.5 Å². The summed E-state index contributed by atoms with van der Waals surface area (Å²) in [4.78, 5) is 2.42. The number of halogens is 2. The highest BCUT2D eigenvalue weighted by atomic mass is 79.9. The molecular formula is C25H33BrFNO3. The first kappa shape index (κ1) is 24.0. The smallest absolute Gasteiger partial charge is 0.166 e. The SMILES string of the molecule is COc1c(OCCCCBr)cccc1C(O)C1CCN(CCc2ccc(F)cc2)CC1. The van der Waals surface area contributed by atoms with Crippen molar-refractivity contribution in [2.45, 2.75) is 38.2 Å². The van der Waals surface area contributed by atoms with Gasteiger partial charge in [0, 0.05) is 17.4 Å². The Hall–Kier alpha value is -1.63. The molecule has 6 heteroatoms. The van der Waals surface area contributed by atoms with Crippen LogP contribution in [-0.2, 0) is 6.42 Å². The maximum absolute atomic E-state index is 13.1. The summed E-state index contributed by atoms with van der Waals surface area (Å²) in [5.74, 6) is 1.35. The average Bonchev–Trinajstić information content (AvgIpc) is 2.81. The average molecular weight is 494 g/mol. The fourth-order valence-corrected chi connectivity index (χ4v) is 4.56. The number of unbranched alkanes of at least 4 members (excludes halogenated alkanes) is 1. The predicted octanol–water partition coefficient (Wildman–Crippen LogP) is 5.38. The fourth-order valence-electron chi connectivity index (χ4n) is 4.16. The molecule has 2 aromatic rings. The number of benzene rings is 2. The number of ether oxygens (including phenoxy) is 2. The van der Waals surface area contributed by atoms with E-state index in [-0.39, 0.29) is 11.7 Å². The summed E-state index contributed by atoms with van der Waals surface area (Å²) >= 11 is 3.44. The summed E-state index contributed by atoms with van der Waals surface area (Å²) < 4.78 is 24.6. The molecular weight excluding hydrogens is 461 g/mol. The van der Waals surface area contributed by atoms with Crippen molar-refractivity contribution in [2.75, 3.05) is 38.7 Å². The normalized spacial score (nSPS) is 16.3. The number of nitrogens with zero attached hydrogens (tertiary/aromatic N) is 1. The molecule has 2 aromatic carbocycles. The van der Waals surface area contributed by atoms with Crippen LogP contribution < -0.4 is 9.47 Å². The van der Waals surface area contributed by atoms with Crippen LogP contribution in [0.5, 0.6) is 11.5 Å². The quantitative estimate of drug-likeness (QED) is 0.337. The van der Waals surface area contributed by atoms with Gasteiger partial charge in [0.25, 0.3) is 0 Å². The largest absolute Gasteiger partial charge is 0.492 e. The number of alkyl halides is 1. The molecule has 3 rings (SSSR count). The number of methoxy groups -OCH3 is 1. The molecule has 0 spiro atoms. The molecule has 0 bridgehead atoms.